The van der Waals surface area contributed by atoms with Crippen molar-refractivity contribution in [2.45, 2.75) is 19.9 Å². The third-order valence-corrected chi connectivity index (χ3v) is 6.37. The van der Waals surface area contributed by atoms with Gasteiger partial charge in [-0.25, -0.2) is 0 Å². The van der Waals surface area contributed by atoms with E-state index in [4.69, 9.17) is 4.74 Å². The predicted molar refractivity (Wildman–Crippen MR) is 125 cm³/mol. The van der Waals surface area contributed by atoms with Crippen LogP contribution in [-0.2, 0) is 0 Å². The number of aryl methyl sites for hydroxylation is 1. The normalized spacial score (nSPS) is 18.6. The number of carbonyl (C=O) groups is 1. The van der Waals surface area contributed by atoms with Crippen molar-refractivity contribution in [3.05, 3.63) is 105 Å². The van der Waals surface area contributed by atoms with Crippen LogP contribution in [-0.4, -0.2) is 40.4 Å². The Balaban J connectivity index is 1.83. The average Bonchev–Trinajstić information content (AvgIpc) is 2.85. The van der Waals surface area contributed by atoms with E-state index >= 15 is 0 Å². The van der Waals surface area contributed by atoms with Gasteiger partial charge >= 0.3 is 0 Å². The number of pyridine rings is 1. The largest absolute Gasteiger partial charge is 0.502 e. The number of rotatable bonds is 1. The lowest BCUT2D eigenvalue weighted by molar-refractivity contribution is 0.0701. The van der Waals surface area contributed by atoms with Crippen molar-refractivity contribution < 1.29 is 14.6 Å². The molecule has 2 aliphatic heterocycles. The predicted octanol–water partition coefficient (Wildman–Crippen LogP) is 3.26. The van der Waals surface area contributed by atoms with Crippen molar-refractivity contribution in [1.29, 1.82) is 0 Å². The Morgan fingerprint density at radius 1 is 1.00 bits per heavy atom. The van der Waals surface area contributed by atoms with Gasteiger partial charge in [-0.05, 0) is 36.6 Å². The summed E-state index contributed by atoms with van der Waals surface area (Å²) < 4.78 is 7.87. The molecule has 0 saturated carbocycles. The van der Waals surface area contributed by atoms with Gasteiger partial charge < -0.3 is 14.7 Å². The zero-order valence-corrected chi connectivity index (χ0v) is 18.6. The first-order chi connectivity index (χ1) is 16.0. The topological polar surface area (TPSA) is 75.0 Å². The smallest absolute Gasteiger partial charge is 0.278 e. The number of aromatic hydroxyl groups is 1. The van der Waals surface area contributed by atoms with Crippen LogP contribution in [0.1, 0.15) is 38.8 Å². The highest BCUT2D eigenvalue weighted by molar-refractivity contribution is 5.96. The van der Waals surface area contributed by atoms with Crippen LogP contribution in [0.2, 0.25) is 0 Å². The van der Waals surface area contributed by atoms with Crippen LogP contribution in [0.15, 0.2) is 71.7 Å². The highest BCUT2D eigenvalue weighted by Gasteiger charge is 2.37. The van der Waals surface area contributed by atoms with Crippen LogP contribution in [0.5, 0.6) is 11.5 Å². The van der Waals surface area contributed by atoms with E-state index < -0.39 is 17.1 Å². The van der Waals surface area contributed by atoms with Gasteiger partial charge in [-0.1, -0.05) is 48.5 Å². The summed E-state index contributed by atoms with van der Waals surface area (Å²) in [5.74, 6) is -0.136. The summed E-state index contributed by atoms with van der Waals surface area (Å²) in [6, 6.07) is 15.0. The van der Waals surface area contributed by atoms with Gasteiger partial charge in [0.1, 0.15) is 25.1 Å². The molecule has 33 heavy (non-hydrogen) atoms. The second kappa shape index (κ2) is 8.16. The first kappa shape index (κ1) is 20.9. The molecular weight excluding hydrogens is 418 g/mol. The second-order valence-electron chi connectivity index (χ2n) is 8.35. The molecule has 1 amide bonds. The minimum atomic E-state index is -0.581. The van der Waals surface area contributed by atoms with Crippen molar-refractivity contribution in [3.63, 3.8) is 0 Å². The first-order valence-corrected chi connectivity index (χ1v) is 10.9. The average molecular weight is 444 g/mol. The summed E-state index contributed by atoms with van der Waals surface area (Å²) in [7, 11) is 0. The van der Waals surface area contributed by atoms with Gasteiger partial charge in [-0.15, -0.1) is 0 Å². The molecule has 0 spiro atoms. The fourth-order valence-electron chi connectivity index (χ4n) is 4.50. The molecule has 5 rings (SSSR count). The lowest BCUT2D eigenvalue weighted by Crippen LogP contribution is -2.55. The maximum Gasteiger partial charge on any atom is 0.278 e. The molecule has 7 heteroatoms. The highest BCUT2D eigenvalue weighted by atomic mass is 16.5. The van der Waals surface area contributed by atoms with Crippen LogP contribution in [0.4, 0.5) is 0 Å². The summed E-state index contributed by atoms with van der Waals surface area (Å²) in [5, 5.41) is 12.6. The van der Waals surface area contributed by atoms with E-state index in [2.05, 4.69) is 19.1 Å². The van der Waals surface area contributed by atoms with Crippen molar-refractivity contribution >= 4 is 5.91 Å². The fraction of sp³-hybridized carbons (Fsp3) is 0.231. The van der Waals surface area contributed by atoms with Gasteiger partial charge in [0.15, 0.2) is 11.4 Å². The fourth-order valence-corrected chi connectivity index (χ4v) is 4.50. The second-order valence-corrected chi connectivity index (χ2v) is 8.35. The van der Waals surface area contributed by atoms with E-state index in [0.29, 0.717) is 13.2 Å². The zero-order chi connectivity index (χ0) is 23.1. The monoisotopic (exact) mass is 443 g/mol. The van der Waals surface area contributed by atoms with Gasteiger partial charge in [-0.2, -0.15) is 0 Å². The van der Waals surface area contributed by atoms with Crippen molar-refractivity contribution in [3.8, 4) is 11.5 Å². The number of hydrogen-bond acceptors (Lipinski definition) is 5. The van der Waals surface area contributed by atoms with Crippen molar-refractivity contribution in [1.82, 2.24) is 9.58 Å². The molecular formula is C26H25N3O4. The molecule has 1 aromatic heterocycles. The Morgan fingerprint density at radius 3 is 2.58 bits per heavy atom. The van der Waals surface area contributed by atoms with Gasteiger partial charge in [0.05, 0.1) is 0 Å². The molecule has 7 nitrogen and oxygen atoms in total. The first-order valence-electron chi connectivity index (χ1n) is 10.9. The number of carbonyl (C=O) groups excluding carboxylic acids is 1. The van der Waals surface area contributed by atoms with Crippen molar-refractivity contribution in [2.24, 2.45) is 0 Å². The summed E-state index contributed by atoms with van der Waals surface area (Å²) in [4.78, 5) is 27.1. The van der Waals surface area contributed by atoms with Crippen LogP contribution < -0.4 is 15.2 Å². The molecule has 1 atom stereocenters. The molecule has 3 aromatic rings. The third kappa shape index (κ3) is 3.46. The maximum atomic E-state index is 13.3. The molecule has 1 N–H and O–H groups in total. The Kier molecular flexibility index (Phi) is 5.17. The highest BCUT2D eigenvalue weighted by Crippen LogP contribution is 2.39. The molecule has 168 valence electrons. The number of aromatic nitrogens is 1. The summed E-state index contributed by atoms with van der Waals surface area (Å²) >= 11 is 0. The number of fused-ring (bicyclic) bond motifs is 5. The van der Waals surface area contributed by atoms with Crippen LogP contribution in [0.3, 0.4) is 0 Å². The molecule has 2 bridgehead atoms. The molecule has 2 aliphatic rings. The standard InChI is InChI=1S/C26H25N3O4/c1-17-10-11-20-22(19-8-4-3-5-9-19)29-16-27(13-6-7-15-33-25(20)18(17)2)26(32)23-24(31)21(30)12-14-28(23)29/h3-12,14,22,31H,13,15-16H2,1-2H3/b7-6+. The molecule has 2 aromatic carbocycles. The Bertz CT molecular complexity index is 1310. The Morgan fingerprint density at radius 2 is 1.79 bits per heavy atom. The molecule has 0 fully saturated rings. The van der Waals surface area contributed by atoms with Gasteiger partial charge in [0.25, 0.3) is 5.91 Å². The summed E-state index contributed by atoms with van der Waals surface area (Å²) in [6.45, 7) is 5.07. The van der Waals surface area contributed by atoms with E-state index in [9.17, 15) is 14.7 Å². The van der Waals surface area contributed by atoms with Crippen molar-refractivity contribution in [2.75, 3.05) is 24.8 Å². The van der Waals surface area contributed by atoms with Crippen LogP contribution >= 0.6 is 0 Å². The van der Waals surface area contributed by atoms with E-state index in [-0.39, 0.29) is 18.4 Å². The Labute approximate surface area is 191 Å². The molecule has 0 aliphatic carbocycles. The number of benzene rings is 2. The quantitative estimate of drug-likeness (QED) is 0.585. The number of ether oxygens (including phenoxy) is 1. The van der Waals surface area contributed by atoms with Gasteiger partial charge in [0.2, 0.25) is 5.43 Å². The van der Waals surface area contributed by atoms with Gasteiger partial charge in [-0.3, -0.25) is 19.3 Å². The van der Waals surface area contributed by atoms with Crippen LogP contribution in [0, 0.1) is 13.8 Å². The lowest BCUT2D eigenvalue weighted by atomic mass is 9.93. The summed E-state index contributed by atoms with van der Waals surface area (Å²) in [5.41, 5.74) is 3.50. The number of hydrogen-bond donors (Lipinski definition) is 1. The third-order valence-electron chi connectivity index (χ3n) is 6.37. The Hall–Kier alpha value is -4.00. The SMILES string of the molecule is Cc1ccc2c(c1C)OC/C=C/CN1CN(C2c2ccccc2)n2ccc(=O)c(O)c2C1=O. The zero-order valence-electron chi connectivity index (χ0n) is 18.6. The van der Waals surface area contributed by atoms with E-state index in [1.807, 2.05) is 54.4 Å². The maximum absolute atomic E-state index is 13.3. The van der Waals surface area contributed by atoms with Gasteiger partial charge in [0, 0.05) is 24.4 Å². The van der Waals surface area contributed by atoms with E-state index in [1.54, 1.807) is 15.8 Å². The molecule has 0 saturated heterocycles. The van der Waals surface area contributed by atoms with E-state index in [0.717, 1.165) is 28.0 Å². The molecule has 1 unspecified atom stereocenters. The minimum absolute atomic E-state index is 0.0337. The molecule has 3 heterocycles. The number of amides is 1. The van der Waals surface area contributed by atoms with Crippen LogP contribution in [0.25, 0.3) is 0 Å². The number of nitrogens with zero attached hydrogens (tertiary/aromatic N) is 3. The summed E-state index contributed by atoms with van der Waals surface area (Å²) in [6.07, 6.45) is 5.32. The molecule has 0 radical (unpaired) electrons. The van der Waals surface area contributed by atoms with E-state index in [1.165, 1.54) is 6.07 Å². The minimum Gasteiger partial charge on any atom is -0.502 e. The lowest BCUT2D eigenvalue weighted by Gasteiger charge is -2.44.